The van der Waals surface area contributed by atoms with E-state index in [0.29, 0.717) is 19.1 Å². The molecule has 0 aliphatic rings. The lowest BCUT2D eigenvalue weighted by Gasteiger charge is -2.13. The fourth-order valence-corrected chi connectivity index (χ4v) is 2.20. The molecule has 3 nitrogen and oxygen atoms in total. The third-order valence-corrected chi connectivity index (χ3v) is 3.49. The van der Waals surface area contributed by atoms with Crippen molar-refractivity contribution in [1.29, 1.82) is 0 Å². The number of halogens is 2. The average Bonchev–Trinajstić information content (AvgIpc) is 2.54. The van der Waals surface area contributed by atoms with Gasteiger partial charge >= 0.3 is 0 Å². The van der Waals surface area contributed by atoms with Gasteiger partial charge in [-0.15, -0.1) is 0 Å². The number of hydrogen-bond acceptors (Lipinski definition) is 3. The summed E-state index contributed by atoms with van der Waals surface area (Å²) in [5, 5.41) is 13.1. The molecule has 0 spiro atoms. The van der Waals surface area contributed by atoms with Crippen molar-refractivity contribution in [2.45, 2.75) is 26.5 Å². The molecule has 0 aliphatic carbocycles. The summed E-state index contributed by atoms with van der Waals surface area (Å²) in [6, 6.07) is 10.8. The first-order chi connectivity index (χ1) is 11.5. The number of aliphatic hydroxyl groups excluding tert-OH is 1. The van der Waals surface area contributed by atoms with E-state index in [-0.39, 0.29) is 12.1 Å². The third kappa shape index (κ3) is 5.58. The molecule has 0 radical (unpaired) electrons. The van der Waals surface area contributed by atoms with Gasteiger partial charge in [0.25, 0.3) is 0 Å². The van der Waals surface area contributed by atoms with E-state index in [9.17, 15) is 13.9 Å². The van der Waals surface area contributed by atoms with Crippen LogP contribution in [-0.2, 0) is 6.54 Å². The Kier molecular flexibility index (Phi) is 6.70. The van der Waals surface area contributed by atoms with Crippen molar-refractivity contribution in [2.75, 3.05) is 13.2 Å². The van der Waals surface area contributed by atoms with Crippen LogP contribution in [0.5, 0.6) is 5.75 Å². The van der Waals surface area contributed by atoms with Gasteiger partial charge in [0.2, 0.25) is 0 Å². The van der Waals surface area contributed by atoms with Gasteiger partial charge in [0, 0.05) is 24.7 Å². The molecule has 0 aliphatic heterocycles. The van der Waals surface area contributed by atoms with Crippen LogP contribution in [0.3, 0.4) is 0 Å². The van der Waals surface area contributed by atoms with E-state index in [1.807, 2.05) is 24.3 Å². The van der Waals surface area contributed by atoms with E-state index in [1.165, 1.54) is 6.07 Å². The quantitative estimate of drug-likeness (QED) is 0.770. The molecule has 0 bridgehead atoms. The van der Waals surface area contributed by atoms with Gasteiger partial charge in [-0.05, 0) is 29.7 Å². The van der Waals surface area contributed by atoms with Gasteiger partial charge in [-0.2, -0.15) is 0 Å². The van der Waals surface area contributed by atoms with Crippen molar-refractivity contribution < 1.29 is 18.6 Å². The number of hydrogen-bond donors (Lipinski definition) is 2. The molecule has 0 aromatic heterocycles. The predicted molar refractivity (Wildman–Crippen MR) is 89.8 cm³/mol. The molecule has 0 heterocycles. The molecular formula is C19H23F2NO2. The van der Waals surface area contributed by atoms with Gasteiger partial charge in [-0.1, -0.05) is 32.0 Å². The fourth-order valence-electron chi connectivity index (χ4n) is 2.20. The molecule has 5 heteroatoms. The number of ether oxygens (including phenoxy) is 1. The number of nitrogens with one attached hydrogen (secondary N) is 1. The molecule has 2 N–H and O–H groups in total. The summed E-state index contributed by atoms with van der Waals surface area (Å²) in [5.74, 6) is -0.104. The minimum atomic E-state index is -1.03. The van der Waals surface area contributed by atoms with E-state index in [2.05, 4.69) is 19.2 Å². The molecule has 2 aromatic carbocycles. The van der Waals surface area contributed by atoms with E-state index >= 15 is 0 Å². The van der Waals surface area contributed by atoms with Crippen molar-refractivity contribution in [3.8, 4) is 5.75 Å². The maximum atomic E-state index is 13.6. The molecule has 0 saturated heterocycles. The van der Waals surface area contributed by atoms with E-state index in [4.69, 9.17) is 4.74 Å². The Balaban J connectivity index is 1.81. The second-order valence-corrected chi connectivity index (χ2v) is 6.16. The Hall–Kier alpha value is -1.98. The summed E-state index contributed by atoms with van der Waals surface area (Å²) in [5.41, 5.74) is 1.11. The average molecular weight is 335 g/mol. The Bertz CT molecular complexity index is 644. The van der Waals surface area contributed by atoms with Crippen LogP contribution >= 0.6 is 0 Å². The topological polar surface area (TPSA) is 41.5 Å². The van der Waals surface area contributed by atoms with Crippen molar-refractivity contribution in [3.05, 3.63) is 65.2 Å². The molecule has 1 unspecified atom stereocenters. The zero-order valence-corrected chi connectivity index (χ0v) is 13.9. The van der Waals surface area contributed by atoms with Crippen molar-refractivity contribution >= 4 is 0 Å². The maximum Gasteiger partial charge on any atom is 0.131 e. The van der Waals surface area contributed by atoms with Crippen molar-refractivity contribution in [3.63, 3.8) is 0 Å². The Morgan fingerprint density at radius 3 is 2.42 bits per heavy atom. The highest BCUT2D eigenvalue weighted by atomic mass is 19.1. The van der Waals surface area contributed by atoms with Gasteiger partial charge in [0.1, 0.15) is 17.4 Å². The number of aliphatic hydroxyl groups is 1. The number of rotatable bonds is 8. The molecule has 130 valence electrons. The lowest BCUT2D eigenvalue weighted by atomic mass is 10.1. The lowest BCUT2D eigenvalue weighted by Crippen LogP contribution is -2.21. The Morgan fingerprint density at radius 1 is 1.08 bits per heavy atom. The highest BCUT2D eigenvalue weighted by molar-refractivity contribution is 5.27. The fraction of sp³-hybridized carbons (Fsp3) is 0.368. The molecule has 0 saturated carbocycles. The molecule has 2 aromatic rings. The van der Waals surface area contributed by atoms with Crippen molar-refractivity contribution in [2.24, 2.45) is 5.92 Å². The van der Waals surface area contributed by atoms with Crippen LogP contribution in [-0.4, -0.2) is 18.3 Å². The van der Waals surface area contributed by atoms with E-state index in [1.54, 1.807) is 0 Å². The summed E-state index contributed by atoms with van der Waals surface area (Å²) >= 11 is 0. The second kappa shape index (κ2) is 8.76. The molecule has 0 amide bonds. The summed E-state index contributed by atoms with van der Waals surface area (Å²) in [7, 11) is 0. The first kappa shape index (κ1) is 18.4. The number of benzene rings is 2. The van der Waals surface area contributed by atoms with Gasteiger partial charge in [0.15, 0.2) is 0 Å². The van der Waals surface area contributed by atoms with Crippen LogP contribution in [0, 0.1) is 17.6 Å². The zero-order chi connectivity index (χ0) is 17.5. The highest BCUT2D eigenvalue weighted by Gasteiger charge is 2.13. The molecule has 24 heavy (non-hydrogen) atoms. The van der Waals surface area contributed by atoms with Crippen molar-refractivity contribution in [1.82, 2.24) is 5.32 Å². The maximum absolute atomic E-state index is 13.6. The van der Waals surface area contributed by atoms with Gasteiger partial charge in [-0.25, -0.2) is 8.78 Å². The van der Waals surface area contributed by atoms with Crippen LogP contribution in [0.15, 0.2) is 42.5 Å². The predicted octanol–water partition coefficient (Wildman–Crippen LogP) is 3.82. The normalized spacial score (nSPS) is 12.4. The summed E-state index contributed by atoms with van der Waals surface area (Å²) < 4.78 is 32.1. The van der Waals surface area contributed by atoms with Crippen LogP contribution in [0.2, 0.25) is 0 Å². The smallest absolute Gasteiger partial charge is 0.131 e. The van der Waals surface area contributed by atoms with Gasteiger partial charge < -0.3 is 15.2 Å². The van der Waals surface area contributed by atoms with E-state index < -0.39 is 17.7 Å². The molecular weight excluding hydrogens is 312 g/mol. The monoisotopic (exact) mass is 335 g/mol. The minimum absolute atomic E-state index is 0.0846. The second-order valence-electron chi connectivity index (χ2n) is 6.16. The molecule has 0 fully saturated rings. The lowest BCUT2D eigenvalue weighted by molar-refractivity contribution is 0.169. The third-order valence-electron chi connectivity index (χ3n) is 3.49. The highest BCUT2D eigenvalue weighted by Crippen LogP contribution is 2.18. The molecule has 2 rings (SSSR count). The van der Waals surface area contributed by atoms with E-state index in [0.717, 1.165) is 23.4 Å². The van der Waals surface area contributed by atoms with Gasteiger partial charge in [-0.3, -0.25) is 0 Å². The first-order valence-corrected chi connectivity index (χ1v) is 8.01. The largest absolute Gasteiger partial charge is 0.493 e. The Morgan fingerprint density at radius 2 is 1.79 bits per heavy atom. The Labute approximate surface area is 141 Å². The van der Waals surface area contributed by atoms with Crippen LogP contribution in [0.4, 0.5) is 8.78 Å². The standard InChI is InChI=1S/C19H23F2NO2/c1-13(2)12-24-16-6-3-14(4-7-16)10-22-11-19(23)17-8-5-15(20)9-18(17)21/h3-9,13,19,22-23H,10-12H2,1-2H3. The zero-order valence-electron chi connectivity index (χ0n) is 13.9. The van der Waals surface area contributed by atoms with Crippen LogP contribution < -0.4 is 10.1 Å². The summed E-state index contributed by atoms with van der Waals surface area (Å²) in [6.45, 7) is 5.56. The van der Waals surface area contributed by atoms with Crippen LogP contribution in [0.1, 0.15) is 31.1 Å². The van der Waals surface area contributed by atoms with Crippen LogP contribution in [0.25, 0.3) is 0 Å². The minimum Gasteiger partial charge on any atom is -0.493 e. The summed E-state index contributed by atoms with van der Waals surface area (Å²) in [4.78, 5) is 0. The summed E-state index contributed by atoms with van der Waals surface area (Å²) in [6.07, 6.45) is -1.03. The first-order valence-electron chi connectivity index (χ1n) is 8.01. The van der Waals surface area contributed by atoms with Gasteiger partial charge in [0.05, 0.1) is 12.7 Å². The molecule has 1 atom stereocenters. The SMILES string of the molecule is CC(C)COc1ccc(CNCC(O)c2ccc(F)cc2F)cc1.